The zero-order valence-corrected chi connectivity index (χ0v) is 17.2. The first-order valence-electron chi connectivity index (χ1n) is 9.29. The summed E-state index contributed by atoms with van der Waals surface area (Å²) in [5.41, 5.74) is 0.898. The molecule has 0 radical (unpaired) electrons. The fourth-order valence-electron chi connectivity index (χ4n) is 2.60. The van der Waals surface area contributed by atoms with Crippen molar-refractivity contribution in [3.8, 4) is 5.75 Å². The first-order chi connectivity index (χ1) is 14.9. The summed E-state index contributed by atoms with van der Waals surface area (Å²) in [5.74, 6) is 0.257. The second-order valence-corrected chi connectivity index (χ2v) is 8.36. The number of aromatic nitrogens is 1. The smallest absolute Gasteiger partial charge is 0.282 e. The van der Waals surface area contributed by atoms with Crippen molar-refractivity contribution in [2.75, 3.05) is 6.61 Å². The van der Waals surface area contributed by atoms with Crippen LogP contribution in [0.2, 0.25) is 0 Å². The Morgan fingerprint density at radius 3 is 2.29 bits per heavy atom. The van der Waals surface area contributed by atoms with Crippen molar-refractivity contribution in [3.63, 3.8) is 0 Å². The van der Waals surface area contributed by atoms with Crippen LogP contribution in [0.15, 0.2) is 77.8 Å². The quantitative estimate of drug-likeness (QED) is 0.548. The Morgan fingerprint density at radius 1 is 0.968 bits per heavy atom. The molecule has 2 aromatic carbocycles. The van der Waals surface area contributed by atoms with Crippen molar-refractivity contribution < 1.29 is 27.9 Å². The third-order valence-corrected chi connectivity index (χ3v) is 5.92. The lowest BCUT2D eigenvalue weighted by atomic mass is 10.2. The van der Waals surface area contributed by atoms with E-state index in [0.29, 0.717) is 17.0 Å². The van der Waals surface area contributed by atoms with Crippen LogP contribution in [0.25, 0.3) is 0 Å². The number of benzene rings is 2. The number of para-hydroxylation sites is 1. The fourth-order valence-corrected chi connectivity index (χ4v) is 3.74. The maximum atomic E-state index is 12.6. The van der Waals surface area contributed by atoms with Crippen molar-refractivity contribution >= 4 is 20.9 Å². The predicted molar refractivity (Wildman–Crippen MR) is 112 cm³/mol. The van der Waals surface area contributed by atoms with Gasteiger partial charge in [-0.3, -0.25) is 14.6 Å². The van der Waals surface area contributed by atoms with Gasteiger partial charge in [0.05, 0.1) is 22.8 Å². The minimum absolute atomic E-state index is 0.0908. The summed E-state index contributed by atoms with van der Waals surface area (Å²) in [4.78, 5) is 28.0. The molecule has 9 heteroatoms. The molecule has 8 nitrogen and oxygen atoms in total. The molecule has 2 N–H and O–H groups in total. The van der Waals surface area contributed by atoms with E-state index < -0.39 is 15.0 Å². The first-order valence-corrected chi connectivity index (χ1v) is 10.8. The van der Waals surface area contributed by atoms with Gasteiger partial charge in [0.2, 0.25) is 9.84 Å². The molecule has 0 saturated carbocycles. The zero-order valence-electron chi connectivity index (χ0n) is 16.4. The number of carbonyl (C=O) groups excluding carboxylic acids is 2. The van der Waals surface area contributed by atoms with Gasteiger partial charge in [0.1, 0.15) is 5.75 Å². The van der Waals surface area contributed by atoms with Crippen molar-refractivity contribution in [1.29, 1.82) is 0 Å². The SMILES string of the molecule is O=C(COc1ccccc1)NCc1ccc(S(=O)(=O)C(=O)c2ccc(CO)nc2)cc1. The third-order valence-electron chi connectivity index (χ3n) is 4.30. The van der Waals surface area contributed by atoms with E-state index in [-0.39, 0.29) is 36.1 Å². The van der Waals surface area contributed by atoms with Gasteiger partial charge in [-0.1, -0.05) is 30.3 Å². The molecule has 1 heterocycles. The van der Waals surface area contributed by atoms with Crippen LogP contribution in [-0.2, 0) is 27.8 Å². The van der Waals surface area contributed by atoms with Crippen LogP contribution in [0.3, 0.4) is 0 Å². The van der Waals surface area contributed by atoms with Crippen LogP contribution in [0.5, 0.6) is 5.75 Å². The van der Waals surface area contributed by atoms with Gasteiger partial charge in [0, 0.05) is 12.7 Å². The van der Waals surface area contributed by atoms with Gasteiger partial charge in [-0.15, -0.1) is 0 Å². The lowest BCUT2D eigenvalue weighted by Crippen LogP contribution is -2.28. The minimum atomic E-state index is -4.25. The molecule has 3 rings (SSSR count). The summed E-state index contributed by atoms with van der Waals surface area (Å²) in [6.07, 6.45) is 1.12. The molecule has 0 spiro atoms. The predicted octanol–water partition coefficient (Wildman–Crippen LogP) is 1.88. The van der Waals surface area contributed by atoms with E-state index in [9.17, 15) is 18.0 Å². The van der Waals surface area contributed by atoms with E-state index >= 15 is 0 Å². The number of amides is 1. The highest BCUT2D eigenvalue weighted by Crippen LogP contribution is 2.17. The molecular formula is C22H20N2O6S. The monoisotopic (exact) mass is 440 g/mol. The van der Waals surface area contributed by atoms with Crippen molar-refractivity contribution in [1.82, 2.24) is 10.3 Å². The summed E-state index contributed by atoms with van der Waals surface area (Å²) in [5, 5.41) is 10.6. The van der Waals surface area contributed by atoms with Crippen LogP contribution in [0.4, 0.5) is 0 Å². The third kappa shape index (κ3) is 5.74. The van der Waals surface area contributed by atoms with Crippen molar-refractivity contribution in [2.24, 2.45) is 0 Å². The molecule has 0 fully saturated rings. The molecule has 0 saturated heterocycles. The first kappa shape index (κ1) is 22.1. The summed E-state index contributed by atoms with van der Waals surface area (Å²) >= 11 is 0. The second-order valence-electron chi connectivity index (χ2n) is 6.51. The molecule has 31 heavy (non-hydrogen) atoms. The number of nitrogens with zero attached hydrogens (tertiary/aromatic N) is 1. The lowest BCUT2D eigenvalue weighted by molar-refractivity contribution is -0.123. The molecule has 0 bridgehead atoms. The number of carbonyl (C=O) groups is 2. The number of sulfone groups is 1. The molecule has 0 unspecified atom stereocenters. The maximum absolute atomic E-state index is 12.6. The Labute approximate surface area is 179 Å². The number of pyridine rings is 1. The second kappa shape index (κ2) is 9.96. The molecule has 160 valence electrons. The van der Waals surface area contributed by atoms with E-state index in [1.807, 2.05) is 6.07 Å². The molecule has 0 aliphatic heterocycles. The number of aliphatic hydroxyl groups is 1. The van der Waals surface area contributed by atoms with Gasteiger partial charge in [0.25, 0.3) is 11.0 Å². The van der Waals surface area contributed by atoms with Gasteiger partial charge in [-0.05, 0) is 42.0 Å². The molecule has 1 aromatic heterocycles. The standard InChI is InChI=1S/C22H20N2O6S/c25-14-18-9-8-17(13-23-18)22(27)31(28,29)20-10-6-16(7-11-20)12-24-21(26)15-30-19-4-2-1-3-5-19/h1-11,13,25H,12,14-15H2,(H,24,26). The Hall–Kier alpha value is -3.56. The summed E-state index contributed by atoms with van der Waals surface area (Å²) < 4.78 is 30.5. The Kier molecular flexibility index (Phi) is 7.11. The van der Waals surface area contributed by atoms with Crippen molar-refractivity contribution in [2.45, 2.75) is 18.0 Å². The lowest BCUT2D eigenvalue weighted by Gasteiger charge is -2.08. The molecule has 3 aromatic rings. The number of hydrogen-bond donors (Lipinski definition) is 2. The highest BCUT2D eigenvalue weighted by molar-refractivity contribution is 8.06. The van der Waals surface area contributed by atoms with Crippen LogP contribution in [0, 0.1) is 0 Å². The number of aliphatic hydroxyl groups excluding tert-OH is 1. The summed E-state index contributed by atoms with van der Waals surface area (Å²) in [6, 6.07) is 17.3. The Morgan fingerprint density at radius 2 is 1.68 bits per heavy atom. The molecular weight excluding hydrogens is 420 g/mol. The molecule has 0 aliphatic rings. The molecule has 0 atom stereocenters. The van der Waals surface area contributed by atoms with Gasteiger partial charge >= 0.3 is 0 Å². The largest absolute Gasteiger partial charge is 0.484 e. The summed E-state index contributed by atoms with van der Waals surface area (Å²) in [6.45, 7) is -0.274. The highest BCUT2D eigenvalue weighted by atomic mass is 32.2. The van der Waals surface area contributed by atoms with E-state index in [1.165, 1.54) is 36.4 Å². The maximum Gasteiger partial charge on any atom is 0.282 e. The zero-order chi connectivity index (χ0) is 22.3. The Balaban J connectivity index is 1.58. The van der Waals surface area contributed by atoms with E-state index in [2.05, 4.69) is 10.3 Å². The number of nitrogens with one attached hydrogen (secondary N) is 1. The van der Waals surface area contributed by atoms with Crippen LogP contribution >= 0.6 is 0 Å². The van der Waals surface area contributed by atoms with E-state index in [0.717, 1.165) is 6.20 Å². The van der Waals surface area contributed by atoms with Crippen LogP contribution < -0.4 is 10.1 Å². The average Bonchev–Trinajstić information content (AvgIpc) is 2.82. The number of hydrogen-bond acceptors (Lipinski definition) is 7. The number of rotatable bonds is 8. The average molecular weight is 440 g/mol. The minimum Gasteiger partial charge on any atom is -0.484 e. The van der Waals surface area contributed by atoms with Crippen LogP contribution in [-0.4, -0.2) is 36.1 Å². The van der Waals surface area contributed by atoms with Gasteiger partial charge in [0.15, 0.2) is 6.61 Å². The highest BCUT2D eigenvalue weighted by Gasteiger charge is 2.26. The van der Waals surface area contributed by atoms with Gasteiger partial charge in [-0.25, -0.2) is 8.42 Å². The normalized spacial score (nSPS) is 11.0. The van der Waals surface area contributed by atoms with Crippen LogP contribution in [0.1, 0.15) is 21.6 Å². The topological polar surface area (TPSA) is 123 Å². The summed E-state index contributed by atoms with van der Waals surface area (Å²) in [7, 11) is -4.25. The van der Waals surface area contributed by atoms with E-state index in [4.69, 9.17) is 9.84 Å². The number of ether oxygens (including phenoxy) is 1. The molecule has 0 aliphatic carbocycles. The van der Waals surface area contributed by atoms with E-state index in [1.54, 1.807) is 24.3 Å². The van der Waals surface area contributed by atoms with Gasteiger partial charge < -0.3 is 15.2 Å². The van der Waals surface area contributed by atoms with Gasteiger partial charge in [-0.2, -0.15) is 0 Å². The Bertz CT molecular complexity index is 1140. The fraction of sp³-hybridized carbons (Fsp3) is 0.136. The molecule has 1 amide bonds. The van der Waals surface area contributed by atoms with Crippen molar-refractivity contribution in [3.05, 3.63) is 89.7 Å².